The molecule has 1 saturated carbocycles. The molecule has 0 spiro atoms. The molecule has 1 aromatic carbocycles. The Labute approximate surface area is 146 Å². The van der Waals surface area contributed by atoms with Crippen LogP contribution in [0.2, 0.25) is 0 Å². The number of rotatable bonds is 4. The lowest BCUT2D eigenvalue weighted by Crippen LogP contribution is -2.48. The van der Waals surface area contributed by atoms with Crippen molar-refractivity contribution in [1.29, 1.82) is 0 Å². The highest BCUT2D eigenvalue weighted by Crippen LogP contribution is 2.46. The molecule has 1 saturated heterocycles. The maximum atomic E-state index is 12.6. The zero-order chi connectivity index (χ0) is 18.2. The van der Waals surface area contributed by atoms with Crippen LogP contribution in [0.25, 0.3) is 0 Å². The second-order valence-corrected chi connectivity index (χ2v) is 6.89. The fraction of sp³-hybridized carbons (Fsp3) is 0.500. The van der Waals surface area contributed by atoms with E-state index in [1.807, 2.05) is 13.8 Å². The van der Waals surface area contributed by atoms with Gasteiger partial charge in [0.15, 0.2) is 0 Å². The van der Waals surface area contributed by atoms with Crippen molar-refractivity contribution in [2.24, 2.45) is 5.41 Å². The third-order valence-electron chi connectivity index (χ3n) is 4.69. The number of amides is 2. The van der Waals surface area contributed by atoms with E-state index in [0.717, 1.165) is 0 Å². The van der Waals surface area contributed by atoms with Crippen molar-refractivity contribution < 1.29 is 24.2 Å². The third-order valence-corrected chi connectivity index (χ3v) is 4.69. The molecule has 134 valence electrons. The number of carboxylic acids is 1. The number of hydrogen-bond donors (Lipinski definition) is 2. The summed E-state index contributed by atoms with van der Waals surface area (Å²) in [5.41, 5.74) is -0.273. The van der Waals surface area contributed by atoms with Crippen molar-refractivity contribution in [1.82, 2.24) is 4.90 Å². The first kappa shape index (κ1) is 17.4. The fourth-order valence-corrected chi connectivity index (χ4v) is 3.14. The number of morpholine rings is 1. The molecule has 1 aliphatic heterocycles. The van der Waals surface area contributed by atoms with Gasteiger partial charge in [0.1, 0.15) is 5.41 Å². The average molecular weight is 346 g/mol. The van der Waals surface area contributed by atoms with Crippen LogP contribution in [0.15, 0.2) is 24.3 Å². The number of nitrogens with zero attached hydrogens (tertiary/aromatic N) is 1. The Morgan fingerprint density at radius 1 is 1.12 bits per heavy atom. The summed E-state index contributed by atoms with van der Waals surface area (Å²) in [6.07, 6.45) is 0.713. The highest BCUT2D eigenvalue weighted by Gasteiger charge is 2.57. The Kier molecular flexibility index (Phi) is 4.51. The lowest BCUT2D eigenvalue weighted by molar-refractivity contribution is -0.147. The van der Waals surface area contributed by atoms with Gasteiger partial charge in [-0.2, -0.15) is 0 Å². The van der Waals surface area contributed by atoms with Gasteiger partial charge in [-0.15, -0.1) is 0 Å². The number of ether oxygens (including phenoxy) is 1. The summed E-state index contributed by atoms with van der Waals surface area (Å²) >= 11 is 0. The van der Waals surface area contributed by atoms with Crippen LogP contribution in [0, 0.1) is 5.41 Å². The van der Waals surface area contributed by atoms with E-state index in [2.05, 4.69) is 5.32 Å². The minimum atomic E-state index is -1.28. The Balaban J connectivity index is 1.65. The van der Waals surface area contributed by atoms with Gasteiger partial charge in [-0.1, -0.05) is 0 Å². The van der Waals surface area contributed by atoms with E-state index >= 15 is 0 Å². The van der Waals surface area contributed by atoms with Crippen molar-refractivity contribution in [3.8, 4) is 0 Å². The van der Waals surface area contributed by atoms with Crippen LogP contribution in [-0.4, -0.2) is 53.1 Å². The zero-order valence-electron chi connectivity index (χ0n) is 14.3. The molecular formula is C18H22N2O5. The molecule has 1 aliphatic carbocycles. The quantitative estimate of drug-likeness (QED) is 0.810. The van der Waals surface area contributed by atoms with Gasteiger partial charge in [-0.05, 0) is 51.0 Å². The van der Waals surface area contributed by atoms with Crippen molar-refractivity contribution in [2.45, 2.75) is 38.9 Å². The van der Waals surface area contributed by atoms with Gasteiger partial charge in [-0.25, -0.2) is 0 Å². The van der Waals surface area contributed by atoms with Gasteiger partial charge in [-0.3, -0.25) is 14.4 Å². The van der Waals surface area contributed by atoms with Crippen LogP contribution >= 0.6 is 0 Å². The van der Waals surface area contributed by atoms with Gasteiger partial charge < -0.3 is 20.1 Å². The molecule has 2 atom stereocenters. The first-order chi connectivity index (χ1) is 11.8. The first-order valence-electron chi connectivity index (χ1n) is 8.41. The molecule has 2 N–H and O–H groups in total. The standard InChI is InChI=1S/C18H22N2O5/c1-11-9-20(10-12(2)25-11)15(21)13-3-5-14(6-4-13)19-16(22)18(7-8-18)17(23)24/h3-6,11-12H,7-10H2,1-2H3,(H,19,22)(H,23,24). The molecule has 2 fully saturated rings. The normalized spacial score (nSPS) is 24.5. The summed E-state index contributed by atoms with van der Waals surface area (Å²) in [4.78, 5) is 37.6. The summed E-state index contributed by atoms with van der Waals surface area (Å²) in [5.74, 6) is -1.67. The average Bonchev–Trinajstić information content (AvgIpc) is 3.36. The van der Waals surface area contributed by atoms with Gasteiger partial charge in [0.05, 0.1) is 12.2 Å². The SMILES string of the molecule is CC1CN(C(=O)c2ccc(NC(=O)C3(C(=O)O)CC3)cc2)CC(C)O1. The summed E-state index contributed by atoms with van der Waals surface area (Å²) in [7, 11) is 0. The second kappa shape index (κ2) is 6.48. The minimum Gasteiger partial charge on any atom is -0.480 e. The Bertz CT molecular complexity index is 686. The Morgan fingerprint density at radius 3 is 2.16 bits per heavy atom. The van der Waals surface area contributed by atoms with Crippen LogP contribution in [0.1, 0.15) is 37.0 Å². The molecule has 1 aromatic rings. The number of hydrogen-bond acceptors (Lipinski definition) is 4. The fourth-order valence-electron chi connectivity index (χ4n) is 3.14. The molecular weight excluding hydrogens is 324 g/mol. The molecule has 1 heterocycles. The van der Waals surface area contributed by atoms with Crippen LogP contribution in [0.5, 0.6) is 0 Å². The van der Waals surface area contributed by atoms with Crippen LogP contribution in [0.4, 0.5) is 5.69 Å². The molecule has 7 heteroatoms. The Hall–Kier alpha value is -2.41. The monoisotopic (exact) mass is 346 g/mol. The van der Waals surface area contributed by atoms with E-state index in [1.54, 1.807) is 29.2 Å². The van der Waals surface area contributed by atoms with Gasteiger partial charge in [0, 0.05) is 24.3 Å². The number of carbonyl (C=O) groups excluding carboxylic acids is 2. The largest absolute Gasteiger partial charge is 0.480 e. The van der Waals surface area contributed by atoms with Crippen LogP contribution < -0.4 is 5.32 Å². The van der Waals surface area contributed by atoms with E-state index in [-0.39, 0.29) is 18.1 Å². The number of nitrogens with one attached hydrogen (secondary N) is 1. The van der Waals surface area contributed by atoms with E-state index in [1.165, 1.54) is 0 Å². The molecule has 2 amide bonds. The molecule has 0 bridgehead atoms. The van der Waals surface area contributed by atoms with Crippen LogP contribution in [0.3, 0.4) is 0 Å². The first-order valence-corrected chi connectivity index (χ1v) is 8.41. The number of carboxylic acid groups (broad SMARTS) is 1. The predicted octanol–water partition coefficient (Wildman–Crippen LogP) is 1.74. The maximum Gasteiger partial charge on any atom is 0.319 e. The highest BCUT2D eigenvalue weighted by atomic mass is 16.5. The molecule has 7 nitrogen and oxygen atoms in total. The van der Waals surface area contributed by atoms with Gasteiger partial charge in [0.25, 0.3) is 5.91 Å². The maximum absolute atomic E-state index is 12.6. The minimum absolute atomic E-state index is 0.00277. The number of aliphatic carboxylic acids is 1. The van der Waals surface area contributed by atoms with Gasteiger partial charge in [0.2, 0.25) is 5.91 Å². The summed E-state index contributed by atoms with van der Waals surface area (Å²) in [5, 5.41) is 11.8. The molecule has 25 heavy (non-hydrogen) atoms. The third kappa shape index (κ3) is 3.51. The Morgan fingerprint density at radius 2 is 1.68 bits per heavy atom. The zero-order valence-corrected chi connectivity index (χ0v) is 14.3. The predicted molar refractivity (Wildman–Crippen MR) is 90.3 cm³/mol. The topological polar surface area (TPSA) is 95.9 Å². The molecule has 0 radical (unpaired) electrons. The summed E-state index contributed by atoms with van der Waals surface area (Å²) < 4.78 is 5.63. The van der Waals surface area contributed by atoms with Crippen molar-refractivity contribution in [3.05, 3.63) is 29.8 Å². The van der Waals surface area contributed by atoms with E-state index < -0.39 is 17.3 Å². The molecule has 2 unspecified atom stereocenters. The second-order valence-electron chi connectivity index (χ2n) is 6.89. The highest BCUT2D eigenvalue weighted by molar-refractivity contribution is 6.10. The van der Waals surface area contributed by atoms with Crippen LogP contribution in [-0.2, 0) is 14.3 Å². The summed E-state index contributed by atoms with van der Waals surface area (Å²) in [6.45, 7) is 4.96. The van der Waals surface area contributed by atoms with E-state index in [0.29, 0.717) is 37.2 Å². The van der Waals surface area contributed by atoms with Crippen molar-refractivity contribution in [2.75, 3.05) is 18.4 Å². The number of carbonyl (C=O) groups is 3. The number of anilines is 1. The summed E-state index contributed by atoms with van der Waals surface area (Å²) in [6, 6.07) is 6.53. The van der Waals surface area contributed by atoms with E-state index in [9.17, 15) is 14.4 Å². The molecule has 3 rings (SSSR count). The molecule has 2 aliphatic rings. The smallest absolute Gasteiger partial charge is 0.319 e. The van der Waals surface area contributed by atoms with Crippen molar-refractivity contribution >= 4 is 23.5 Å². The van der Waals surface area contributed by atoms with Crippen molar-refractivity contribution in [3.63, 3.8) is 0 Å². The van der Waals surface area contributed by atoms with E-state index in [4.69, 9.17) is 9.84 Å². The lowest BCUT2D eigenvalue weighted by atomic mass is 10.1. The van der Waals surface area contributed by atoms with Gasteiger partial charge >= 0.3 is 5.97 Å². The number of benzene rings is 1. The molecule has 0 aromatic heterocycles. The lowest BCUT2D eigenvalue weighted by Gasteiger charge is -2.35.